The second-order valence-corrected chi connectivity index (χ2v) is 6.41. The maximum absolute atomic E-state index is 12.2. The molecule has 0 aliphatic heterocycles. The molecule has 0 spiro atoms. The van der Waals surface area contributed by atoms with Crippen LogP contribution < -0.4 is 5.32 Å². The van der Waals surface area contributed by atoms with E-state index in [1.165, 1.54) is 25.7 Å². The van der Waals surface area contributed by atoms with E-state index in [-0.39, 0.29) is 12.5 Å². The average molecular weight is 296 g/mol. The summed E-state index contributed by atoms with van der Waals surface area (Å²) in [7, 11) is 0. The average Bonchev–Trinajstić information content (AvgIpc) is 3.11. The zero-order valence-electron chi connectivity index (χ0n) is 11.9. The van der Waals surface area contributed by atoms with Gasteiger partial charge in [0.1, 0.15) is 5.69 Å². The van der Waals surface area contributed by atoms with E-state index < -0.39 is 0 Å². The Kier molecular flexibility index (Phi) is 6.47. The van der Waals surface area contributed by atoms with Gasteiger partial charge < -0.3 is 15.0 Å². The highest BCUT2D eigenvalue weighted by Gasteiger charge is 2.20. The number of aromatic nitrogens is 1. The van der Waals surface area contributed by atoms with Gasteiger partial charge in [0.15, 0.2) is 0 Å². The Balaban J connectivity index is 1.76. The van der Waals surface area contributed by atoms with Crippen molar-refractivity contribution >= 4 is 17.7 Å². The van der Waals surface area contributed by atoms with Gasteiger partial charge in [-0.2, -0.15) is 11.8 Å². The molecule has 1 heterocycles. The summed E-state index contributed by atoms with van der Waals surface area (Å²) >= 11 is 1.77. The smallest absolute Gasteiger partial charge is 0.267 e. The van der Waals surface area contributed by atoms with E-state index in [0.29, 0.717) is 12.6 Å². The van der Waals surface area contributed by atoms with Crippen molar-refractivity contribution in [1.29, 1.82) is 0 Å². The predicted octanol–water partition coefficient (Wildman–Crippen LogP) is 2.45. The Morgan fingerprint density at radius 1 is 1.40 bits per heavy atom. The number of aliphatic hydroxyl groups is 1. The van der Waals surface area contributed by atoms with E-state index in [1.807, 2.05) is 18.3 Å². The van der Waals surface area contributed by atoms with E-state index in [4.69, 9.17) is 5.11 Å². The normalized spacial score (nSPS) is 15.7. The first-order chi connectivity index (χ1) is 9.83. The van der Waals surface area contributed by atoms with Crippen LogP contribution in [0.2, 0.25) is 0 Å². The fourth-order valence-electron chi connectivity index (χ4n) is 2.68. The first kappa shape index (κ1) is 15.4. The summed E-state index contributed by atoms with van der Waals surface area (Å²) in [5.74, 6) is 1.88. The lowest BCUT2D eigenvalue weighted by atomic mass is 10.2. The number of hydrogen-bond acceptors (Lipinski definition) is 3. The molecule has 1 aromatic heterocycles. The van der Waals surface area contributed by atoms with Crippen LogP contribution in [-0.4, -0.2) is 40.2 Å². The zero-order chi connectivity index (χ0) is 14.2. The molecule has 0 unspecified atom stereocenters. The number of thioether (sulfide) groups is 1. The Morgan fingerprint density at radius 2 is 2.20 bits per heavy atom. The number of hydrogen-bond donors (Lipinski definition) is 2. The Morgan fingerprint density at radius 3 is 2.95 bits per heavy atom. The first-order valence-corrected chi connectivity index (χ1v) is 8.62. The molecule has 2 N–H and O–H groups in total. The molecule has 20 heavy (non-hydrogen) atoms. The van der Waals surface area contributed by atoms with Crippen LogP contribution in [0.5, 0.6) is 0 Å². The molecule has 0 radical (unpaired) electrons. The third-order valence-corrected chi connectivity index (χ3v) is 4.78. The topological polar surface area (TPSA) is 54.3 Å². The van der Waals surface area contributed by atoms with E-state index in [2.05, 4.69) is 9.88 Å². The van der Waals surface area contributed by atoms with Gasteiger partial charge in [-0.15, -0.1) is 0 Å². The van der Waals surface area contributed by atoms with Crippen LogP contribution in [0.4, 0.5) is 0 Å². The van der Waals surface area contributed by atoms with Crippen LogP contribution in [0.1, 0.15) is 48.6 Å². The fraction of sp³-hybridized carbons (Fsp3) is 0.667. The van der Waals surface area contributed by atoms with Crippen molar-refractivity contribution in [3.8, 4) is 0 Å². The highest BCUT2D eigenvalue weighted by Crippen LogP contribution is 2.30. The molecule has 4 nitrogen and oxygen atoms in total. The van der Waals surface area contributed by atoms with Crippen molar-refractivity contribution in [2.24, 2.45) is 0 Å². The van der Waals surface area contributed by atoms with Gasteiger partial charge in [0.2, 0.25) is 0 Å². The minimum atomic E-state index is 0.0321. The molecule has 1 saturated carbocycles. The van der Waals surface area contributed by atoms with Crippen molar-refractivity contribution in [1.82, 2.24) is 9.88 Å². The minimum absolute atomic E-state index is 0.0321. The van der Waals surface area contributed by atoms with Crippen molar-refractivity contribution in [2.45, 2.75) is 38.1 Å². The molecule has 0 atom stereocenters. The molecule has 112 valence electrons. The number of carbonyl (C=O) groups excluding carboxylic acids is 1. The van der Waals surface area contributed by atoms with Gasteiger partial charge in [-0.05, 0) is 37.1 Å². The van der Waals surface area contributed by atoms with Gasteiger partial charge in [0, 0.05) is 31.1 Å². The number of carbonyl (C=O) groups is 1. The molecule has 1 aromatic rings. The van der Waals surface area contributed by atoms with E-state index in [9.17, 15) is 4.79 Å². The lowest BCUT2D eigenvalue weighted by molar-refractivity contribution is 0.0944. The number of nitrogens with one attached hydrogen (secondary N) is 1. The Labute approximate surface area is 124 Å². The van der Waals surface area contributed by atoms with E-state index in [1.54, 1.807) is 11.8 Å². The van der Waals surface area contributed by atoms with Gasteiger partial charge in [0.25, 0.3) is 5.91 Å². The monoisotopic (exact) mass is 296 g/mol. The highest BCUT2D eigenvalue weighted by molar-refractivity contribution is 7.99. The third kappa shape index (κ3) is 4.28. The molecule has 1 aliphatic carbocycles. The molecular formula is C15H24N2O2S. The number of nitrogens with zero attached hydrogens (tertiary/aromatic N) is 1. The van der Waals surface area contributed by atoms with Crippen LogP contribution in [0, 0.1) is 0 Å². The Hall–Kier alpha value is -0.940. The first-order valence-electron chi connectivity index (χ1n) is 7.46. The molecule has 0 aromatic carbocycles. The quantitative estimate of drug-likeness (QED) is 0.725. The van der Waals surface area contributed by atoms with Crippen molar-refractivity contribution in [2.75, 3.05) is 24.7 Å². The molecule has 1 fully saturated rings. The summed E-state index contributed by atoms with van der Waals surface area (Å²) in [4.78, 5) is 12.2. The molecule has 5 heteroatoms. The van der Waals surface area contributed by atoms with Gasteiger partial charge in [-0.3, -0.25) is 4.79 Å². The van der Waals surface area contributed by atoms with Crippen molar-refractivity contribution < 1.29 is 9.90 Å². The lowest BCUT2D eigenvalue weighted by Gasteiger charge is -2.15. The Bertz CT molecular complexity index is 414. The summed E-state index contributed by atoms with van der Waals surface area (Å²) < 4.78 is 2.14. The molecular weight excluding hydrogens is 272 g/mol. The van der Waals surface area contributed by atoms with E-state index >= 15 is 0 Å². The summed E-state index contributed by atoms with van der Waals surface area (Å²) in [6.07, 6.45) is 7.76. The SMILES string of the molecule is O=C(NCCSCCCO)c1cccn1C1CCCC1. The number of aliphatic hydroxyl groups excluding tert-OH is 1. The second-order valence-electron chi connectivity index (χ2n) is 5.18. The second kappa shape index (κ2) is 8.37. The fourth-order valence-corrected chi connectivity index (χ4v) is 3.47. The van der Waals surface area contributed by atoms with Gasteiger partial charge in [0.05, 0.1) is 0 Å². The summed E-state index contributed by atoms with van der Waals surface area (Å²) in [6.45, 7) is 0.930. The molecule has 0 bridgehead atoms. The minimum Gasteiger partial charge on any atom is -0.396 e. The van der Waals surface area contributed by atoms with Crippen molar-refractivity contribution in [3.05, 3.63) is 24.0 Å². The third-order valence-electron chi connectivity index (χ3n) is 3.71. The molecule has 1 amide bonds. The maximum Gasteiger partial charge on any atom is 0.267 e. The standard InChI is InChI=1S/C15H24N2O2S/c18-10-4-11-20-12-8-16-15(19)14-7-3-9-17(14)13-5-1-2-6-13/h3,7,9,13,18H,1-2,4-6,8,10-12H2,(H,16,19). The lowest BCUT2D eigenvalue weighted by Crippen LogP contribution is -2.28. The molecule has 2 rings (SSSR count). The van der Waals surface area contributed by atoms with E-state index in [0.717, 1.165) is 23.6 Å². The summed E-state index contributed by atoms with van der Waals surface area (Å²) in [5, 5.41) is 11.7. The van der Waals surface area contributed by atoms with Crippen molar-refractivity contribution in [3.63, 3.8) is 0 Å². The van der Waals surface area contributed by atoms with Gasteiger partial charge in [-0.25, -0.2) is 0 Å². The summed E-state index contributed by atoms with van der Waals surface area (Å²) in [6, 6.07) is 4.38. The number of amides is 1. The largest absolute Gasteiger partial charge is 0.396 e. The van der Waals surface area contributed by atoms with Crippen LogP contribution in [-0.2, 0) is 0 Å². The van der Waals surface area contributed by atoms with Gasteiger partial charge in [-0.1, -0.05) is 12.8 Å². The van der Waals surface area contributed by atoms with Crippen LogP contribution >= 0.6 is 11.8 Å². The van der Waals surface area contributed by atoms with Crippen LogP contribution in [0.15, 0.2) is 18.3 Å². The van der Waals surface area contributed by atoms with Crippen LogP contribution in [0.25, 0.3) is 0 Å². The zero-order valence-corrected chi connectivity index (χ0v) is 12.7. The van der Waals surface area contributed by atoms with Crippen LogP contribution in [0.3, 0.4) is 0 Å². The predicted molar refractivity (Wildman–Crippen MR) is 83.3 cm³/mol. The highest BCUT2D eigenvalue weighted by atomic mass is 32.2. The maximum atomic E-state index is 12.2. The number of rotatable bonds is 8. The van der Waals surface area contributed by atoms with Gasteiger partial charge >= 0.3 is 0 Å². The summed E-state index contributed by atoms with van der Waals surface area (Å²) in [5.41, 5.74) is 0.789. The molecule has 1 aliphatic rings. The molecule has 0 saturated heterocycles.